The number of hydrogen-bond acceptors (Lipinski definition) is 4. The second-order valence-electron chi connectivity index (χ2n) is 5.31. The van der Waals surface area contributed by atoms with Crippen LogP contribution >= 0.6 is 0 Å². The molecule has 2 aromatic carbocycles. The van der Waals surface area contributed by atoms with Crippen molar-refractivity contribution in [3.63, 3.8) is 0 Å². The fourth-order valence-corrected chi connectivity index (χ4v) is 2.27. The lowest BCUT2D eigenvalue weighted by Crippen LogP contribution is -2.26. The van der Waals surface area contributed by atoms with Crippen molar-refractivity contribution in [2.75, 3.05) is 5.32 Å². The van der Waals surface area contributed by atoms with Gasteiger partial charge in [-0.15, -0.1) is 8.78 Å². The maximum Gasteiger partial charge on any atom is 0.586 e. The van der Waals surface area contributed by atoms with Gasteiger partial charge >= 0.3 is 18.3 Å². The van der Waals surface area contributed by atoms with Gasteiger partial charge < -0.3 is 19.9 Å². The first kappa shape index (κ1) is 17.6. The van der Waals surface area contributed by atoms with Crippen molar-refractivity contribution >= 4 is 17.7 Å². The van der Waals surface area contributed by atoms with Crippen LogP contribution < -0.4 is 14.8 Å². The minimum Gasteiger partial charge on any atom is -0.478 e. The smallest absolute Gasteiger partial charge is 0.478 e. The number of anilines is 1. The molecule has 2 aromatic rings. The minimum atomic E-state index is -3.79. The number of hydrogen-bond donors (Lipinski definition) is 2. The second-order valence-corrected chi connectivity index (χ2v) is 5.31. The van der Waals surface area contributed by atoms with E-state index in [4.69, 9.17) is 5.11 Å². The third-order valence-electron chi connectivity index (χ3n) is 3.37. The molecule has 0 aliphatic carbocycles. The zero-order chi connectivity index (χ0) is 18.9. The normalized spacial score (nSPS) is 15.2. The number of aromatic carboxylic acids is 1. The second kappa shape index (κ2) is 6.25. The van der Waals surface area contributed by atoms with Crippen LogP contribution in [0.1, 0.15) is 15.9 Å². The Morgan fingerprint density at radius 1 is 1.12 bits per heavy atom. The van der Waals surface area contributed by atoms with Gasteiger partial charge in [-0.1, -0.05) is 24.3 Å². The van der Waals surface area contributed by atoms with Gasteiger partial charge in [-0.25, -0.2) is 4.79 Å². The minimum absolute atomic E-state index is 0.165. The monoisotopic (exact) mass is 369 g/mol. The summed E-state index contributed by atoms with van der Waals surface area (Å²) in [5, 5.41) is 10.8. The molecule has 0 radical (unpaired) electrons. The molecule has 9 heteroatoms. The molecule has 1 aliphatic heterocycles. The standard InChI is InChI=1S/C17H11F4NO4/c18-16(19,22-12-4-2-1-3-11(12)15(23)24)8-7-10-5-6-13-14(9-10)26-17(20,21)25-13/h1-9,22H,(H,23,24)/b8-7+. The Labute approximate surface area is 144 Å². The first-order valence-corrected chi connectivity index (χ1v) is 7.23. The van der Waals surface area contributed by atoms with E-state index in [1.165, 1.54) is 36.4 Å². The topological polar surface area (TPSA) is 67.8 Å². The van der Waals surface area contributed by atoms with Gasteiger partial charge in [0.1, 0.15) is 0 Å². The lowest BCUT2D eigenvalue weighted by atomic mass is 10.1. The summed E-state index contributed by atoms with van der Waals surface area (Å²) >= 11 is 0. The van der Waals surface area contributed by atoms with Crippen molar-refractivity contribution in [2.24, 2.45) is 0 Å². The molecule has 0 spiro atoms. The first-order valence-electron chi connectivity index (χ1n) is 7.23. The summed E-state index contributed by atoms with van der Waals surface area (Å²) in [5.74, 6) is -1.83. The fraction of sp³-hybridized carbons (Fsp3) is 0.118. The zero-order valence-electron chi connectivity index (χ0n) is 12.9. The van der Waals surface area contributed by atoms with Crippen LogP contribution in [0.3, 0.4) is 0 Å². The molecule has 3 rings (SSSR count). The van der Waals surface area contributed by atoms with Crippen LogP contribution in [0.5, 0.6) is 11.5 Å². The summed E-state index contributed by atoms with van der Waals surface area (Å²) in [6, 6.07) is 5.19. The predicted molar refractivity (Wildman–Crippen MR) is 83.7 cm³/mol. The summed E-state index contributed by atoms with van der Waals surface area (Å²) in [4.78, 5) is 11.1. The van der Waals surface area contributed by atoms with Crippen molar-refractivity contribution in [1.29, 1.82) is 0 Å². The van der Waals surface area contributed by atoms with Crippen LogP contribution in [-0.2, 0) is 0 Å². The number of nitrogens with one attached hydrogen (secondary N) is 1. The Morgan fingerprint density at radius 2 is 1.81 bits per heavy atom. The number of benzene rings is 2. The van der Waals surface area contributed by atoms with Gasteiger partial charge in [-0.2, -0.15) is 8.78 Å². The largest absolute Gasteiger partial charge is 0.586 e. The molecule has 0 amide bonds. The molecule has 5 nitrogen and oxygen atoms in total. The highest BCUT2D eigenvalue weighted by molar-refractivity contribution is 5.94. The van der Waals surface area contributed by atoms with Crippen molar-refractivity contribution < 1.29 is 36.9 Å². The summed E-state index contributed by atoms with van der Waals surface area (Å²) in [7, 11) is 0. The van der Waals surface area contributed by atoms with Gasteiger partial charge in [0.25, 0.3) is 0 Å². The van der Waals surface area contributed by atoms with E-state index in [2.05, 4.69) is 9.47 Å². The Kier molecular flexibility index (Phi) is 4.23. The highest BCUT2D eigenvalue weighted by atomic mass is 19.3. The molecule has 0 saturated carbocycles. The van der Waals surface area contributed by atoms with Crippen LogP contribution in [0.15, 0.2) is 48.5 Å². The van der Waals surface area contributed by atoms with E-state index in [9.17, 15) is 22.4 Å². The van der Waals surface area contributed by atoms with Gasteiger partial charge in [0, 0.05) is 6.08 Å². The summed E-state index contributed by atoms with van der Waals surface area (Å²) in [5.41, 5.74) is -0.413. The van der Waals surface area contributed by atoms with Crippen LogP contribution in [0, 0.1) is 0 Å². The van der Waals surface area contributed by atoms with Gasteiger partial charge in [0.05, 0.1) is 11.3 Å². The third-order valence-corrected chi connectivity index (χ3v) is 3.37. The number of fused-ring (bicyclic) bond motifs is 1. The van der Waals surface area contributed by atoms with Crippen molar-refractivity contribution in [3.8, 4) is 11.5 Å². The SMILES string of the molecule is O=C(O)c1ccccc1NC(F)(F)/C=C/c1ccc2c(c1)OC(F)(F)O2. The van der Waals surface area contributed by atoms with E-state index in [0.29, 0.717) is 6.08 Å². The number of ether oxygens (including phenoxy) is 2. The number of alkyl halides is 4. The number of halogens is 4. The summed E-state index contributed by atoms with van der Waals surface area (Å²) < 4.78 is 62.5. The maximum absolute atomic E-state index is 14.1. The third kappa shape index (κ3) is 3.88. The molecule has 0 unspecified atom stereocenters. The van der Waals surface area contributed by atoms with E-state index < -0.39 is 18.3 Å². The molecule has 136 valence electrons. The van der Waals surface area contributed by atoms with Crippen molar-refractivity contribution in [2.45, 2.75) is 12.3 Å². The predicted octanol–water partition coefficient (Wildman–Crippen LogP) is 4.42. The molecule has 1 heterocycles. The molecule has 0 aromatic heterocycles. The number of para-hydroxylation sites is 1. The lowest BCUT2D eigenvalue weighted by Gasteiger charge is -2.16. The molecule has 0 saturated heterocycles. The Morgan fingerprint density at radius 3 is 2.54 bits per heavy atom. The van der Waals surface area contributed by atoms with Crippen molar-refractivity contribution in [1.82, 2.24) is 0 Å². The Balaban J connectivity index is 1.77. The van der Waals surface area contributed by atoms with Crippen LogP contribution in [-0.4, -0.2) is 23.4 Å². The van der Waals surface area contributed by atoms with Crippen LogP contribution in [0.2, 0.25) is 0 Å². The van der Waals surface area contributed by atoms with Crippen LogP contribution in [0.25, 0.3) is 6.08 Å². The Bertz CT molecular complexity index is 883. The molecule has 26 heavy (non-hydrogen) atoms. The number of rotatable bonds is 5. The summed E-state index contributed by atoms with van der Waals surface area (Å²) in [6.07, 6.45) is -2.34. The fourth-order valence-electron chi connectivity index (χ4n) is 2.27. The van der Waals surface area contributed by atoms with Gasteiger partial charge in [-0.05, 0) is 29.8 Å². The van der Waals surface area contributed by atoms with Crippen LogP contribution in [0.4, 0.5) is 23.2 Å². The molecule has 0 atom stereocenters. The first-order chi connectivity index (χ1) is 12.2. The number of carboxylic acid groups (broad SMARTS) is 1. The summed E-state index contributed by atoms with van der Waals surface area (Å²) in [6.45, 7) is 0. The van der Waals surface area contributed by atoms with E-state index in [0.717, 1.165) is 12.1 Å². The average molecular weight is 369 g/mol. The molecular weight excluding hydrogens is 358 g/mol. The highest BCUT2D eigenvalue weighted by Crippen LogP contribution is 2.41. The average Bonchev–Trinajstić information content (AvgIpc) is 2.86. The molecule has 1 aliphatic rings. The van der Waals surface area contributed by atoms with E-state index in [-0.39, 0.29) is 28.3 Å². The molecule has 0 bridgehead atoms. The van der Waals surface area contributed by atoms with Gasteiger partial charge in [0.2, 0.25) is 0 Å². The Hall–Kier alpha value is -3.23. The zero-order valence-corrected chi connectivity index (χ0v) is 12.9. The maximum atomic E-state index is 14.1. The molecule has 0 fully saturated rings. The number of carbonyl (C=O) groups is 1. The lowest BCUT2D eigenvalue weighted by molar-refractivity contribution is -0.286. The number of carboxylic acids is 1. The quantitative estimate of drug-likeness (QED) is 0.603. The molecule has 2 N–H and O–H groups in total. The van der Waals surface area contributed by atoms with E-state index in [1.54, 1.807) is 0 Å². The van der Waals surface area contributed by atoms with E-state index in [1.807, 2.05) is 5.32 Å². The van der Waals surface area contributed by atoms with E-state index >= 15 is 0 Å². The van der Waals surface area contributed by atoms with Gasteiger partial charge in [-0.3, -0.25) is 0 Å². The van der Waals surface area contributed by atoms with Crippen molar-refractivity contribution in [3.05, 3.63) is 59.7 Å². The molecular formula is C17H11F4NO4. The highest BCUT2D eigenvalue weighted by Gasteiger charge is 2.43. The van der Waals surface area contributed by atoms with Gasteiger partial charge in [0.15, 0.2) is 11.5 Å².